The fourth-order valence-corrected chi connectivity index (χ4v) is 0.555. The summed E-state index contributed by atoms with van der Waals surface area (Å²) in [4.78, 5) is 10.7. The van der Waals surface area contributed by atoms with E-state index in [4.69, 9.17) is 5.73 Å². The van der Waals surface area contributed by atoms with E-state index in [1.165, 1.54) is 0 Å². The lowest BCUT2D eigenvalue weighted by Gasteiger charge is -2.11. The van der Waals surface area contributed by atoms with E-state index >= 15 is 0 Å². The van der Waals surface area contributed by atoms with E-state index in [0.717, 1.165) is 0 Å². The molecule has 1 atom stereocenters. The van der Waals surface area contributed by atoms with Gasteiger partial charge < -0.3 is 16.4 Å². The molecule has 0 aliphatic rings. The van der Waals surface area contributed by atoms with Crippen molar-refractivity contribution in [1.29, 1.82) is 0 Å². The first-order chi connectivity index (χ1) is 4.52. The molecule has 0 aromatic rings. The zero-order chi connectivity index (χ0) is 8.15. The molecule has 0 saturated carbocycles. The Morgan fingerprint density at radius 1 is 1.50 bits per heavy atom. The van der Waals surface area contributed by atoms with Crippen LogP contribution < -0.4 is 16.4 Å². The van der Waals surface area contributed by atoms with E-state index in [0.29, 0.717) is 0 Å². The molecule has 5 heteroatoms. The van der Waals surface area contributed by atoms with Crippen LogP contribution in [0.2, 0.25) is 0 Å². The van der Waals surface area contributed by atoms with Crippen LogP contribution in [0.25, 0.3) is 0 Å². The van der Waals surface area contributed by atoms with Crippen LogP contribution in [-0.4, -0.2) is 17.6 Å². The van der Waals surface area contributed by atoms with Crippen LogP contribution in [0.4, 0.5) is 4.79 Å². The van der Waals surface area contributed by atoms with Crippen molar-refractivity contribution in [2.24, 2.45) is 5.73 Å². The third kappa shape index (κ3) is 5.71. The normalized spacial score (nSPS) is 12.9. The molecule has 0 aromatic carbocycles. The van der Waals surface area contributed by atoms with E-state index in [1.54, 1.807) is 0 Å². The largest absolute Gasteiger partial charge is 0.336 e. The minimum Gasteiger partial charge on any atom is -0.336 e. The third-order valence-electron chi connectivity index (χ3n) is 0.699. The molecule has 0 aromatic heterocycles. The van der Waals surface area contributed by atoms with Gasteiger partial charge in [0.1, 0.15) is 5.50 Å². The topological polar surface area (TPSA) is 67.2 Å². The van der Waals surface area contributed by atoms with Gasteiger partial charge in [0.15, 0.2) is 0 Å². The van der Waals surface area contributed by atoms with Crippen molar-refractivity contribution in [3.05, 3.63) is 0 Å². The van der Waals surface area contributed by atoms with Crippen molar-refractivity contribution in [3.8, 4) is 0 Å². The molecule has 4 nitrogen and oxygen atoms in total. The number of hydrogen-bond donors (Lipinski definition) is 4. The molecule has 0 heterocycles. The summed E-state index contributed by atoms with van der Waals surface area (Å²) in [5.41, 5.74) is 4.56. The molecule has 0 aliphatic carbocycles. The van der Waals surface area contributed by atoms with Crippen molar-refractivity contribution in [3.63, 3.8) is 0 Å². The summed E-state index contributed by atoms with van der Waals surface area (Å²) < 4.78 is 0. The molecule has 0 bridgehead atoms. The Morgan fingerprint density at radius 3 is 2.30 bits per heavy atom. The molecule has 10 heavy (non-hydrogen) atoms. The fourth-order valence-electron chi connectivity index (χ4n) is 0.438. The first-order valence-electron chi connectivity index (χ1n) is 3.03. The molecule has 0 spiro atoms. The highest BCUT2D eigenvalue weighted by Crippen LogP contribution is 1.79. The van der Waals surface area contributed by atoms with Crippen LogP contribution in [0, 0.1) is 0 Å². The predicted molar refractivity (Wildman–Crippen MR) is 43.8 cm³/mol. The zero-order valence-corrected chi connectivity index (χ0v) is 6.98. The number of urea groups is 1. The molecule has 0 aliphatic heterocycles. The van der Waals surface area contributed by atoms with Gasteiger partial charge in [-0.3, -0.25) is 0 Å². The maximum atomic E-state index is 10.7. The molecular weight excluding hydrogens is 150 g/mol. The van der Waals surface area contributed by atoms with Gasteiger partial charge in [0.25, 0.3) is 0 Å². The summed E-state index contributed by atoms with van der Waals surface area (Å²) in [6, 6.07) is -0.176. The maximum Gasteiger partial charge on any atom is 0.316 e. The average Bonchev–Trinajstić information content (AvgIpc) is 1.58. The summed E-state index contributed by atoms with van der Waals surface area (Å²) in [6.07, 6.45) is 0. The quantitative estimate of drug-likeness (QED) is 0.338. The predicted octanol–water partition coefficient (Wildman–Crippen LogP) is -0.134. The summed E-state index contributed by atoms with van der Waals surface area (Å²) in [5, 5.41) is 4.96. The van der Waals surface area contributed by atoms with E-state index < -0.39 is 5.50 Å². The van der Waals surface area contributed by atoms with Gasteiger partial charge in [-0.25, -0.2) is 4.79 Å². The van der Waals surface area contributed by atoms with Crippen molar-refractivity contribution < 1.29 is 4.79 Å². The summed E-state index contributed by atoms with van der Waals surface area (Å²) >= 11 is 3.77. The van der Waals surface area contributed by atoms with E-state index in [1.807, 2.05) is 13.8 Å². The first-order valence-corrected chi connectivity index (χ1v) is 3.54. The summed E-state index contributed by atoms with van der Waals surface area (Å²) in [5.74, 6) is 0. The molecule has 60 valence electrons. The van der Waals surface area contributed by atoms with Crippen molar-refractivity contribution in [2.45, 2.75) is 25.4 Å². The Labute approximate surface area is 66.0 Å². The zero-order valence-electron chi connectivity index (χ0n) is 6.09. The molecular formula is C5H13N3OS. The van der Waals surface area contributed by atoms with Gasteiger partial charge >= 0.3 is 6.03 Å². The highest BCUT2D eigenvalue weighted by atomic mass is 32.1. The molecule has 0 rings (SSSR count). The number of carbonyl (C=O) groups is 1. The Kier molecular flexibility index (Phi) is 4.22. The lowest BCUT2D eigenvalue weighted by atomic mass is 10.4. The monoisotopic (exact) mass is 163 g/mol. The number of carbonyl (C=O) groups excluding carboxylic acids is 1. The second-order valence-electron chi connectivity index (χ2n) is 2.22. The van der Waals surface area contributed by atoms with Gasteiger partial charge in [0.05, 0.1) is 0 Å². The Balaban J connectivity index is 3.44. The van der Waals surface area contributed by atoms with E-state index in [-0.39, 0.29) is 12.1 Å². The van der Waals surface area contributed by atoms with Crippen molar-refractivity contribution >= 4 is 18.7 Å². The molecule has 2 amide bonds. The lowest BCUT2D eigenvalue weighted by Crippen LogP contribution is -2.45. The Morgan fingerprint density at radius 2 is 2.00 bits per heavy atom. The third-order valence-corrected chi connectivity index (χ3v) is 0.828. The smallest absolute Gasteiger partial charge is 0.316 e. The fraction of sp³-hybridized carbons (Fsp3) is 0.800. The van der Waals surface area contributed by atoms with Crippen molar-refractivity contribution in [2.75, 3.05) is 0 Å². The van der Waals surface area contributed by atoms with Crippen LogP contribution in [0.5, 0.6) is 0 Å². The minimum atomic E-state index is -0.598. The van der Waals surface area contributed by atoms with Gasteiger partial charge in [0, 0.05) is 6.04 Å². The van der Waals surface area contributed by atoms with E-state index in [9.17, 15) is 4.79 Å². The number of nitrogens with two attached hydrogens (primary N) is 1. The van der Waals surface area contributed by atoms with Gasteiger partial charge in [-0.1, -0.05) is 0 Å². The first kappa shape index (κ1) is 9.58. The second-order valence-corrected chi connectivity index (χ2v) is 2.77. The summed E-state index contributed by atoms with van der Waals surface area (Å²) in [7, 11) is 0. The summed E-state index contributed by atoms with van der Waals surface area (Å²) in [6.45, 7) is 3.73. The van der Waals surface area contributed by atoms with E-state index in [2.05, 4.69) is 23.3 Å². The van der Waals surface area contributed by atoms with Gasteiger partial charge in [0.2, 0.25) is 0 Å². The molecule has 0 radical (unpaired) electrons. The maximum absolute atomic E-state index is 10.7. The minimum absolute atomic E-state index is 0.118. The number of hydrogen-bond acceptors (Lipinski definition) is 3. The molecule has 4 N–H and O–H groups in total. The SMILES string of the molecule is CC(C)NC(=O)NC(N)S. The van der Waals surface area contributed by atoms with Crippen LogP contribution in [0.1, 0.15) is 13.8 Å². The number of nitrogens with one attached hydrogen (secondary N) is 2. The molecule has 0 fully saturated rings. The average molecular weight is 163 g/mol. The number of rotatable bonds is 2. The Hall–Kier alpha value is -0.420. The van der Waals surface area contributed by atoms with Crippen LogP contribution in [0.3, 0.4) is 0 Å². The highest BCUT2D eigenvalue weighted by Gasteiger charge is 2.02. The lowest BCUT2D eigenvalue weighted by molar-refractivity contribution is 0.238. The van der Waals surface area contributed by atoms with Crippen LogP contribution in [-0.2, 0) is 0 Å². The number of amides is 2. The van der Waals surface area contributed by atoms with Gasteiger partial charge in [-0.15, -0.1) is 12.6 Å². The number of thiol groups is 1. The molecule has 1 unspecified atom stereocenters. The standard InChI is InChI=1S/C5H13N3OS/c1-3(2)7-5(9)8-4(6)10/h3-4,10H,6H2,1-2H3,(H2,7,8,9). The second kappa shape index (κ2) is 4.40. The van der Waals surface area contributed by atoms with Crippen LogP contribution in [0.15, 0.2) is 0 Å². The highest BCUT2D eigenvalue weighted by molar-refractivity contribution is 7.80. The van der Waals surface area contributed by atoms with Crippen molar-refractivity contribution in [1.82, 2.24) is 10.6 Å². The Bertz CT molecular complexity index is 103. The van der Waals surface area contributed by atoms with Gasteiger partial charge in [-0.05, 0) is 13.8 Å². The van der Waals surface area contributed by atoms with Crippen LogP contribution >= 0.6 is 12.6 Å². The molecule has 0 saturated heterocycles. The van der Waals surface area contributed by atoms with Gasteiger partial charge in [-0.2, -0.15) is 0 Å².